The Kier molecular flexibility index (Phi) is 3.76. The number of benzene rings is 4. The molecule has 0 radical (unpaired) electrons. The van der Waals surface area contributed by atoms with E-state index in [0.29, 0.717) is 0 Å². The summed E-state index contributed by atoms with van der Waals surface area (Å²) in [6.07, 6.45) is 0. The maximum Gasteiger partial charge on any atom is 0.0540 e. The zero-order chi connectivity index (χ0) is 16.4. The zero-order valence-electron chi connectivity index (χ0n) is 13.7. The first-order chi connectivity index (χ1) is 11.8. The van der Waals surface area contributed by atoms with Gasteiger partial charge in [-0.15, -0.1) is 0 Å². The molecule has 1 nitrogen and oxygen atoms in total. The summed E-state index contributed by atoms with van der Waals surface area (Å²) in [5.74, 6) is 0. The molecule has 1 heteroatoms. The van der Waals surface area contributed by atoms with E-state index in [0.717, 1.165) is 11.4 Å². The van der Waals surface area contributed by atoms with Crippen molar-refractivity contribution in [2.45, 2.75) is 6.92 Å². The summed E-state index contributed by atoms with van der Waals surface area (Å²) in [5, 5.41) is 2.57. The van der Waals surface area contributed by atoms with Crippen LogP contribution in [0.3, 0.4) is 0 Å². The minimum absolute atomic E-state index is 1.16. The Hall–Kier alpha value is -3.06. The third-order valence-corrected chi connectivity index (χ3v) is 4.39. The number of anilines is 3. The van der Waals surface area contributed by atoms with Crippen molar-refractivity contribution in [3.05, 3.63) is 103 Å². The van der Waals surface area contributed by atoms with E-state index in [1.165, 1.54) is 22.0 Å². The molecule has 0 bridgehead atoms. The average Bonchev–Trinajstić information content (AvgIpc) is 2.65. The van der Waals surface area contributed by atoms with E-state index in [1.54, 1.807) is 0 Å². The zero-order valence-corrected chi connectivity index (χ0v) is 13.7. The molecule has 4 aromatic rings. The highest BCUT2D eigenvalue weighted by atomic mass is 15.1. The lowest BCUT2D eigenvalue weighted by Crippen LogP contribution is -2.10. The minimum Gasteiger partial charge on any atom is -0.310 e. The highest BCUT2D eigenvalue weighted by molar-refractivity contribution is 6.00. The van der Waals surface area contributed by atoms with E-state index in [2.05, 4.69) is 109 Å². The van der Waals surface area contributed by atoms with Crippen LogP contribution in [-0.2, 0) is 0 Å². The number of rotatable bonds is 3. The SMILES string of the molecule is Cc1cccc2c(N(c3ccccc3)c3ccccc3)cccc12. The Labute approximate surface area is 142 Å². The summed E-state index contributed by atoms with van der Waals surface area (Å²) in [6.45, 7) is 2.17. The van der Waals surface area contributed by atoms with Crippen molar-refractivity contribution in [3.8, 4) is 0 Å². The fraction of sp³-hybridized carbons (Fsp3) is 0.0435. The average molecular weight is 309 g/mol. The molecule has 0 fully saturated rings. The molecule has 0 aliphatic heterocycles. The summed E-state index contributed by atoms with van der Waals surface area (Å²) in [7, 11) is 0. The molecule has 0 unspecified atom stereocenters. The molecule has 0 atom stereocenters. The van der Waals surface area contributed by atoms with Crippen LogP contribution >= 0.6 is 0 Å². The Morgan fingerprint density at radius 1 is 0.500 bits per heavy atom. The number of aryl methyl sites for hydroxylation is 1. The molecule has 0 saturated carbocycles. The van der Waals surface area contributed by atoms with Gasteiger partial charge in [-0.3, -0.25) is 0 Å². The van der Waals surface area contributed by atoms with Gasteiger partial charge in [-0.25, -0.2) is 0 Å². The summed E-state index contributed by atoms with van der Waals surface area (Å²) in [5.41, 5.74) is 4.83. The highest BCUT2D eigenvalue weighted by Crippen LogP contribution is 2.38. The van der Waals surface area contributed by atoms with Crippen LogP contribution in [0.15, 0.2) is 97.1 Å². The molecule has 4 rings (SSSR count). The maximum atomic E-state index is 2.32. The molecule has 116 valence electrons. The topological polar surface area (TPSA) is 3.24 Å². The monoisotopic (exact) mass is 309 g/mol. The third-order valence-electron chi connectivity index (χ3n) is 4.39. The van der Waals surface area contributed by atoms with E-state index in [1.807, 2.05) is 0 Å². The summed E-state index contributed by atoms with van der Waals surface area (Å²) in [6, 6.07) is 34.1. The van der Waals surface area contributed by atoms with Crippen molar-refractivity contribution < 1.29 is 0 Å². The second-order valence-corrected chi connectivity index (χ2v) is 5.95. The van der Waals surface area contributed by atoms with E-state index >= 15 is 0 Å². The minimum atomic E-state index is 1.16. The van der Waals surface area contributed by atoms with Crippen LogP contribution in [0.2, 0.25) is 0 Å². The number of nitrogens with zero attached hydrogens (tertiary/aromatic N) is 1. The second-order valence-electron chi connectivity index (χ2n) is 5.95. The van der Waals surface area contributed by atoms with Crippen LogP contribution in [-0.4, -0.2) is 0 Å². The van der Waals surface area contributed by atoms with Crippen molar-refractivity contribution in [3.63, 3.8) is 0 Å². The Bertz CT molecular complexity index is 919. The van der Waals surface area contributed by atoms with Crippen molar-refractivity contribution in [1.82, 2.24) is 0 Å². The van der Waals surface area contributed by atoms with Gasteiger partial charge in [0.1, 0.15) is 0 Å². The molecule has 24 heavy (non-hydrogen) atoms. The van der Waals surface area contributed by atoms with Crippen LogP contribution in [0.25, 0.3) is 10.8 Å². The van der Waals surface area contributed by atoms with Gasteiger partial charge in [0, 0.05) is 16.8 Å². The van der Waals surface area contributed by atoms with Crippen LogP contribution in [0.1, 0.15) is 5.56 Å². The molecule has 0 amide bonds. The molecular formula is C23H19N. The van der Waals surface area contributed by atoms with Crippen LogP contribution in [0, 0.1) is 6.92 Å². The number of hydrogen-bond acceptors (Lipinski definition) is 1. The van der Waals surface area contributed by atoms with Gasteiger partial charge in [0.05, 0.1) is 5.69 Å². The molecule has 0 spiro atoms. The van der Waals surface area contributed by atoms with Crippen LogP contribution < -0.4 is 4.90 Å². The van der Waals surface area contributed by atoms with Crippen molar-refractivity contribution in [1.29, 1.82) is 0 Å². The molecular weight excluding hydrogens is 290 g/mol. The van der Waals surface area contributed by atoms with E-state index in [9.17, 15) is 0 Å². The fourth-order valence-corrected chi connectivity index (χ4v) is 3.23. The van der Waals surface area contributed by atoms with Crippen molar-refractivity contribution >= 4 is 27.8 Å². The van der Waals surface area contributed by atoms with E-state index in [4.69, 9.17) is 0 Å². The summed E-state index contributed by atoms with van der Waals surface area (Å²) < 4.78 is 0. The standard InChI is InChI=1S/C23H19N/c1-18-10-8-16-22-21(18)15-9-17-23(22)24(19-11-4-2-5-12-19)20-13-6-3-7-14-20/h2-17H,1H3. The lowest BCUT2D eigenvalue weighted by molar-refractivity contribution is 1.30. The fourth-order valence-electron chi connectivity index (χ4n) is 3.23. The lowest BCUT2D eigenvalue weighted by Gasteiger charge is -2.27. The van der Waals surface area contributed by atoms with Gasteiger partial charge in [-0.2, -0.15) is 0 Å². The van der Waals surface area contributed by atoms with Crippen LogP contribution in [0.4, 0.5) is 17.1 Å². The van der Waals surface area contributed by atoms with Gasteiger partial charge in [0.25, 0.3) is 0 Å². The second kappa shape index (κ2) is 6.21. The third kappa shape index (κ3) is 2.55. The van der Waals surface area contributed by atoms with Crippen molar-refractivity contribution in [2.24, 2.45) is 0 Å². The predicted molar refractivity (Wildman–Crippen MR) is 103 cm³/mol. The summed E-state index contributed by atoms with van der Waals surface area (Å²) >= 11 is 0. The Balaban J connectivity index is 2.00. The first kappa shape index (κ1) is 14.5. The number of fused-ring (bicyclic) bond motifs is 1. The number of hydrogen-bond donors (Lipinski definition) is 0. The largest absolute Gasteiger partial charge is 0.310 e. The smallest absolute Gasteiger partial charge is 0.0540 e. The highest BCUT2D eigenvalue weighted by Gasteiger charge is 2.14. The first-order valence-corrected chi connectivity index (χ1v) is 8.23. The maximum absolute atomic E-state index is 2.32. The molecule has 0 aromatic heterocycles. The van der Waals surface area contributed by atoms with Gasteiger partial charge >= 0.3 is 0 Å². The summed E-state index contributed by atoms with van der Waals surface area (Å²) in [4.78, 5) is 2.32. The van der Waals surface area contributed by atoms with Gasteiger partial charge in [0.15, 0.2) is 0 Å². The Morgan fingerprint density at radius 3 is 1.67 bits per heavy atom. The van der Waals surface area contributed by atoms with Gasteiger partial charge in [0.2, 0.25) is 0 Å². The Morgan fingerprint density at radius 2 is 1.04 bits per heavy atom. The first-order valence-electron chi connectivity index (χ1n) is 8.23. The van der Waals surface area contributed by atoms with E-state index < -0.39 is 0 Å². The lowest BCUT2D eigenvalue weighted by atomic mass is 10.0. The predicted octanol–water partition coefficient (Wildman–Crippen LogP) is 6.62. The molecule has 0 aliphatic carbocycles. The van der Waals surface area contributed by atoms with E-state index in [-0.39, 0.29) is 0 Å². The van der Waals surface area contributed by atoms with Gasteiger partial charge in [-0.1, -0.05) is 66.7 Å². The van der Waals surface area contributed by atoms with Gasteiger partial charge in [-0.05, 0) is 48.2 Å². The van der Waals surface area contributed by atoms with Gasteiger partial charge < -0.3 is 4.90 Å². The quantitative estimate of drug-likeness (QED) is 0.411. The molecule has 0 aliphatic rings. The molecule has 0 saturated heterocycles. The normalized spacial score (nSPS) is 10.7. The van der Waals surface area contributed by atoms with Crippen molar-refractivity contribution in [2.75, 3.05) is 4.90 Å². The molecule has 0 heterocycles. The molecule has 4 aromatic carbocycles. The molecule has 0 N–H and O–H groups in total. The van der Waals surface area contributed by atoms with Crippen LogP contribution in [0.5, 0.6) is 0 Å². The number of para-hydroxylation sites is 2.